The number of aliphatic hydroxyl groups is 2. The maximum atomic E-state index is 8.23. The molecule has 4 heteroatoms. The van der Waals surface area contributed by atoms with E-state index in [1.807, 2.05) is 0 Å². The Morgan fingerprint density at radius 2 is 1.67 bits per heavy atom. The van der Waals surface area contributed by atoms with Crippen molar-refractivity contribution in [2.24, 2.45) is 0 Å². The van der Waals surface area contributed by atoms with Gasteiger partial charge in [-0.15, -0.1) is 0 Å². The molecule has 0 radical (unpaired) electrons. The first-order chi connectivity index (χ1) is 5.15. The van der Waals surface area contributed by atoms with Crippen LogP contribution in [0.1, 0.15) is 27.2 Å². The van der Waals surface area contributed by atoms with Gasteiger partial charge < -0.3 is 15.5 Å². The number of hydrogen-bond acceptors (Lipinski definition) is 3. The largest absolute Gasteiger partial charge is 0.395 e. The molecule has 0 spiro atoms. The van der Waals surface area contributed by atoms with Crippen LogP contribution in [-0.4, -0.2) is 36.0 Å². The zero-order valence-electron chi connectivity index (χ0n) is 8.30. The van der Waals surface area contributed by atoms with Crippen molar-refractivity contribution >= 4 is 0 Å². The summed E-state index contributed by atoms with van der Waals surface area (Å²) in [6.07, 6.45) is 0.972. The van der Waals surface area contributed by atoms with Gasteiger partial charge in [-0.1, -0.05) is 6.92 Å². The first kappa shape index (κ1) is 18.4. The predicted octanol–water partition coefficient (Wildman–Crippen LogP) is 0.363. The quantitative estimate of drug-likeness (QED) is 0.465. The van der Waals surface area contributed by atoms with E-state index in [2.05, 4.69) is 12.2 Å². The summed E-state index contributed by atoms with van der Waals surface area (Å²) in [5.74, 6) is 0. The molecule has 0 aliphatic heterocycles. The van der Waals surface area contributed by atoms with Crippen molar-refractivity contribution in [1.29, 1.82) is 0 Å². The summed E-state index contributed by atoms with van der Waals surface area (Å²) in [5.41, 5.74) is 0. The van der Waals surface area contributed by atoms with Crippen LogP contribution in [0.2, 0.25) is 0 Å². The van der Waals surface area contributed by atoms with E-state index in [-0.39, 0.29) is 34.4 Å². The molecule has 0 saturated carbocycles. The summed E-state index contributed by atoms with van der Waals surface area (Å²) in [7, 11) is 0. The molecule has 0 aromatic rings. The van der Waals surface area contributed by atoms with Gasteiger partial charge >= 0.3 is 0 Å². The number of rotatable bonds is 4. The van der Waals surface area contributed by atoms with Gasteiger partial charge in [-0.3, -0.25) is 0 Å². The van der Waals surface area contributed by atoms with Crippen molar-refractivity contribution in [3.63, 3.8) is 0 Å². The molecule has 0 bridgehead atoms. The minimum absolute atomic E-state index is 0. The molecular formula is C8H21NO2Ti. The van der Waals surface area contributed by atoms with Crippen LogP contribution in [-0.2, 0) is 21.7 Å². The average molecular weight is 211 g/mol. The van der Waals surface area contributed by atoms with E-state index in [4.69, 9.17) is 10.2 Å². The van der Waals surface area contributed by atoms with Crippen LogP contribution in [0.3, 0.4) is 0 Å². The summed E-state index contributed by atoms with van der Waals surface area (Å²) in [4.78, 5) is 0. The fraction of sp³-hybridized carbons (Fsp3) is 1.00. The van der Waals surface area contributed by atoms with Crippen LogP contribution in [0.5, 0.6) is 0 Å². The van der Waals surface area contributed by atoms with Gasteiger partial charge in [0.1, 0.15) is 0 Å². The van der Waals surface area contributed by atoms with Crippen LogP contribution in [0, 0.1) is 0 Å². The van der Waals surface area contributed by atoms with Crippen molar-refractivity contribution in [2.45, 2.75) is 33.3 Å². The minimum Gasteiger partial charge on any atom is -0.395 e. The maximum Gasteiger partial charge on any atom is 0.0555 e. The van der Waals surface area contributed by atoms with E-state index in [0.717, 1.165) is 19.5 Å². The number of nitrogens with one attached hydrogen (secondary N) is 1. The van der Waals surface area contributed by atoms with Gasteiger partial charge in [-0.2, -0.15) is 0 Å². The molecule has 3 N–H and O–H groups in total. The fourth-order valence-electron chi connectivity index (χ4n) is 0.381. The molecule has 0 aromatic heterocycles. The molecule has 0 rings (SSSR count). The molecule has 0 aromatic carbocycles. The monoisotopic (exact) mass is 211 g/mol. The Labute approximate surface area is 90.4 Å². The Bertz CT molecular complexity index is 56.3. The van der Waals surface area contributed by atoms with Crippen molar-refractivity contribution in [2.75, 3.05) is 19.7 Å². The third-order valence-electron chi connectivity index (χ3n) is 0.715. The molecule has 0 amide bonds. The SMILES string of the molecule is CC(C)O.CCCNCCO.[Ti]. The summed E-state index contributed by atoms with van der Waals surface area (Å²) in [6, 6.07) is 0. The molecule has 0 saturated heterocycles. The van der Waals surface area contributed by atoms with Crippen LogP contribution >= 0.6 is 0 Å². The van der Waals surface area contributed by atoms with Gasteiger partial charge in [-0.25, -0.2) is 0 Å². The van der Waals surface area contributed by atoms with Gasteiger partial charge in [0.2, 0.25) is 0 Å². The molecule has 12 heavy (non-hydrogen) atoms. The fourth-order valence-corrected chi connectivity index (χ4v) is 0.381. The van der Waals surface area contributed by atoms with Crippen LogP contribution in [0.4, 0.5) is 0 Å². The van der Waals surface area contributed by atoms with E-state index < -0.39 is 0 Å². The van der Waals surface area contributed by atoms with Gasteiger partial charge in [0.15, 0.2) is 0 Å². The third-order valence-corrected chi connectivity index (χ3v) is 0.715. The summed E-state index contributed by atoms with van der Waals surface area (Å²) in [5, 5.41) is 19.3. The number of aliphatic hydroxyl groups excluding tert-OH is 2. The Balaban J connectivity index is -0.000000142. The molecule has 0 heterocycles. The molecule has 0 unspecified atom stereocenters. The third kappa shape index (κ3) is 46.2. The van der Waals surface area contributed by atoms with Crippen molar-refractivity contribution in [3.8, 4) is 0 Å². The minimum atomic E-state index is -0.167. The van der Waals surface area contributed by atoms with Crippen LogP contribution in [0.15, 0.2) is 0 Å². The smallest absolute Gasteiger partial charge is 0.0555 e. The maximum absolute atomic E-state index is 8.23. The van der Waals surface area contributed by atoms with E-state index in [9.17, 15) is 0 Å². The second-order valence-corrected chi connectivity index (χ2v) is 2.57. The molecular weight excluding hydrogens is 190 g/mol. The number of hydrogen-bond donors (Lipinski definition) is 3. The molecule has 74 valence electrons. The Hall–Kier alpha value is 0.594. The van der Waals surface area contributed by atoms with E-state index in [1.165, 1.54) is 0 Å². The Morgan fingerprint density at radius 1 is 1.25 bits per heavy atom. The second kappa shape index (κ2) is 17.6. The molecule has 0 atom stereocenters. The van der Waals surface area contributed by atoms with Gasteiger partial charge in [0.25, 0.3) is 0 Å². The first-order valence-corrected chi connectivity index (χ1v) is 4.14. The van der Waals surface area contributed by atoms with Crippen molar-refractivity contribution < 1.29 is 31.9 Å². The van der Waals surface area contributed by atoms with Gasteiger partial charge in [0, 0.05) is 34.4 Å². The summed E-state index contributed by atoms with van der Waals surface area (Å²) in [6.45, 7) is 7.54. The average Bonchev–Trinajstić information content (AvgIpc) is 1.88. The standard InChI is InChI=1S/C5H13NO.C3H8O.Ti/c1-2-3-6-4-5-7;1-3(2)4;/h6-7H,2-5H2,1H3;3-4H,1-2H3;. The van der Waals surface area contributed by atoms with Gasteiger partial charge in [-0.05, 0) is 26.8 Å². The predicted molar refractivity (Wildman–Crippen MR) is 47.6 cm³/mol. The van der Waals surface area contributed by atoms with E-state index >= 15 is 0 Å². The molecule has 0 aliphatic rings. The molecule has 0 fully saturated rings. The Kier molecular flexibility index (Phi) is 27.0. The molecule has 0 aliphatic carbocycles. The van der Waals surface area contributed by atoms with Crippen LogP contribution in [0.25, 0.3) is 0 Å². The van der Waals surface area contributed by atoms with Gasteiger partial charge in [0.05, 0.1) is 6.61 Å². The zero-order chi connectivity index (χ0) is 9.11. The summed E-state index contributed by atoms with van der Waals surface area (Å²) < 4.78 is 0. The zero-order valence-corrected chi connectivity index (χ0v) is 9.86. The van der Waals surface area contributed by atoms with E-state index in [1.54, 1.807) is 13.8 Å². The summed E-state index contributed by atoms with van der Waals surface area (Å²) >= 11 is 0. The van der Waals surface area contributed by atoms with Crippen LogP contribution < -0.4 is 5.32 Å². The Morgan fingerprint density at radius 3 is 1.92 bits per heavy atom. The second-order valence-electron chi connectivity index (χ2n) is 2.57. The first-order valence-electron chi connectivity index (χ1n) is 4.14. The normalized spacial score (nSPS) is 8.50. The topological polar surface area (TPSA) is 52.5 Å². The molecule has 3 nitrogen and oxygen atoms in total. The van der Waals surface area contributed by atoms with Crippen molar-refractivity contribution in [1.82, 2.24) is 5.32 Å². The van der Waals surface area contributed by atoms with E-state index in [0.29, 0.717) is 0 Å². The van der Waals surface area contributed by atoms with Crippen molar-refractivity contribution in [3.05, 3.63) is 0 Å².